The van der Waals surface area contributed by atoms with E-state index in [1.165, 1.54) is 32.4 Å². The number of piperidine rings is 1. The van der Waals surface area contributed by atoms with Crippen LogP contribution in [0.15, 0.2) is 21.1 Å². The van der Waals surface area contributed by atoms with Gasteiger partial charge >= 0.3 is 0 Å². The minimum absolute atomic E-state index is 0.533. The number of benzene rings is 1. The standard InChI is InChI=1S/C14H20Br2N2O/c15-12-8-11(10-17)9-13(16)14(12)19-7-6-18-4-2-1-3-5-18/h8-9H,1-7,10,17H2. The van der Waals surface area contributed by atoms with Gasteiger partial charge in [-0.05, 0) is 75.5 Å². The average molecular weight is 392 g/mol. The zero-order valence-corrected chi connectivity index (χ0v) is 14.2. The van der Waals surface area contributed by atoms with Crippen molar-refractivity contribution in [3.8, 4) is 5.75 Å². The molecule has 3 nitrogen and oxygen atoms in total. The van der Waals surface area contributed by atoms with Gasteiger partial charge in [0.25, 0.3) is 0 Å². The first-order valence-electron chi connectivity index (χ1n) is 6.74. The number of ether oxygens (including phenoxy) is 1. The Labute approximate surface area is 131 Å². The molecule has 1 heterocycles. The lowest BCUT2D eigenvalue weighted by atomic mass is 10.1. The zero-order chi connectivity index (χ0) is 13.7. The molecule has 1 aromatic carbocycles. The van der Waals surface area contributed by atoms with Gasteiger partial charge in [0.1, 0.15) is 12.4 Å². The first-order valence-corrected chi connectivity index (χ1v) is 8.32. The van der Waals surface area contributed by atoms with Crippen LogP contribution in [0.25, 0.3) is 0 Å². The van der Waals surface area contributed by atoms with Crippen molar-refractivity contribution in [3.05, 3.63) is 26.6 Å². The lowest BCUT2D eigenvalue weighted by Gasteiger charge is -2.26. The zero-order valence-electron chi connectivity index (χ0n) is 11.0. The summed E-state index contributed by atoms with van der Waals surface area (Å²) < 4.78 is 7.81. The van der Waals surface area contributed by atoms with Gasteiger partial charge < -0.3 is 10.5 Å². The molecule has 0 spiro atoms. The molecule has 5 heteroatoms. The number of halogens is 2. The maximum Gasteiger partial charge on any atom is 0.147 e. The number of likely N-dealkylation sites (tertiary alicyclic amines) is 1. The van der Waals surface area contributed by atoms with Gasteiger partial charge in [-0.15, -0.1) is 0 Å². The van der Waals surface area contributed by atoms with Gasteiger partial charge in [0, 0.05) is 13.1 Å². The normalized spacial score (nSPS) is 16.6. The molecule has 0 amide bonds. The Bertz CT molecular complexity index is 397. The van der Waals surface area contributed by atoms with E-state index in [0.29, 0.717) is 6.54 Å². The van der Waals surface area contributed by atoms with Crippen LogP contribution in [0, 0.1) is 0 Å². The Kier molecular flexibility index (Phi) is 6.13. The SMILES string of the molecule is NCc1cc(Br)c(OCCN2CCCCC2)c(Br)c1. The number of hydrogen-bond acceptors (Lipinski definition) is 3. The highest BCUT2D eigenvalue weighted by atomic mass is 79.9. The summed E-state index contributed by atoms with van der Waals surface area (Å²) >= 11 is 7.08. The van der Waals surface area contributed by atoms with Crippen LogP contribution < -0.4 is 10.5 Å². The molecule has 0 aliphatic carbocycles. The molecule has 0 aromatic heterocycles. The second-order valence-corrected chi connectivity index (χ2v) is 6.55. The average Bonchev–Trinajstić information content (AvgIpc) is 2.42. The summed E-state index contributed by atoms with van der Waals surface area (Å²) in [6, 6.07) is 4.03. The lowest BCUT2D eigenvalue weighted by Crippen LogP contribution is -2.33. The van der Waals surface area contributed by atoms with Crippen molar-refractivity contribution in [2.75, 3.05) is 26.2 Å². The predicted molar refractivity (Wildman–Crippen MR) is 85.5 cm³/mol. The minimum atomic E-state index is 0.533. The van der Waals surface area contributed by atoms with E-state index in [1.807, 2.05) is 12.1 Å². The van der Waals surface area contributed by atoms with E-state index in [4.69, 9.17) is 10.5 Å². The Morgan fingerprint density at radius 3 is 2.32 bits per heavy atom. The van der Waals surface area contributed by atoms with Gasteiger partial charge in [-0.25, -0.2) is 0 Å². The van der Waals surface area contributed by atoms with Gasteiger partial charge in [0.15, 0.2) is 0 Å². The van der Waals surface area contributed by atoms with Crippen LogP contribution in [0.1, 0.15) is 24.8 Å². The fourth-order valence-electron chi connectivity index (χ4n) is 2.33. The maximum absolute atomic E-state index is 5.89. The van der Waals surface area contributed by atoms with Gasteiger partial charge in [0.2, 0.25) is 0 Å². The monoisotopic (exact) mass is 390 g/mol. The fourth-order valence-corrected chi connectivity index (χ4v) is 3.84. The van der Waals surface area contributed by atoms with Crippen LogP contribution in [-0.2, 0) is 6.54 Å². The quantitative estimate of drug-likeness (QED) is 0.834. The van der Waals surface area contributed by atoms with Crippen molar-refractivity contribution in [1.82, 2.24) is 4.90 Å². The largest absolute Gasteiger partial charge is 0.490 e. The Morgan fingerprint density at radius 2 is 1.74 bits per heavy atom. The van der Waals surface area contributed by atoms with E-state index < -0.39 is 0 Å². The number of hydrogen-bond donors (Lipinski definition) is 1. The predicted octanol–water partition coefficient (Wildman–Crippen LogP) is 3.54. The van der Waals surface area contributed by atoms with E-state index in [-0.39, 0.29) is 0 Å². The second-order valence-electron chi connectivity index (χ2n) is 4.84. The molecule has 0 bridgehead atoms. The van der Waals surface area contributed by atoms with Gasteiger partial charge in [0.05, 0.1) is 8.95 Å². The molecule has 1 aromatic rings. The van der Waals surface area contributed by atoms with Crippen LogP contribution in [0.5, 0.6) is 5.75 Å². The Balaban J connectivity index is 1.88. The highest BCUT2D eigenvalue weighted by Gasteiger charge is 2.12. The first-order chi connectivity index (χ1) is 9.20. The second kappa shape index (κ2) is 7.62. The Hall–Kier alpha value is -0.100. The topological polar surface area (TPSA) is 38.5 Å². The van der Waals surface area contributed by atoms with Gasteiger partial charge in [-0.2, -0.15) is 0 Å². The first kappa shape index (κ1) is 15.3. The van der Waals surface area contributed by atoms with E-state index in [1.54, 1.807) is 0 Å². The lowest BCUT2D eigenvalue weighted by molar-refractivity contribution is 0.182. The fraction of sp³-hybridized carbons (Fsp3) is 0.571. The molecule has 0 radical (unpaired) electrons. The molecule has 0 unspecified atom stereocenters. The molecule has 2 rings (SSSR count). The maximum atomic E-state index is 5.89. The van der Waals surface area contributed by atoms with Crippen molar-refractivity contribution in [2.45, 2.75) is 25.8 Å². The molecular weight excluding hydrogens is 372 g/mol. The number of nitrogens with two attached hydrogens (primary N) is 1. The van der Waals surface area contributed by atoms with Crippen LogP contribution in [-0.4, -0.2) is 31.1 Å². The molecule has 1 fully saturated rings. The summed E-state index contributed by atoms with van der Waals surface area (Å²) in [5.41, 5.74) is 6.73. The molecular formula is C14H20Br2N2O. The molecule has 1 aliphatic heterocycles. The van der Waals surface area contributed by atoms with Crippen molar-refractivity contribution in [1.29, 1.82) is 0 Å². The number of nitrogens with zero attached hydrogens (tertiary/aromatic N) is 1. The van der Waals surface area contributed by atoms with E-state index in [0.717, 1.165) is 33.4 Å². The van der Waals surface area contributed by atoms with E-state index in [9.17, 15) is 0 Å². The van der Waals surface area contributed by atoms with E-state index >= 15 is 0 Å². The Morgan fingerprint density at radius 1 is 1.11 bits per heavy atom. The third-order valence-electron chi connectivity index (χ3n) is 3.40. The van der Waals surface area contributed by atoms with Crippen LogP contribution >= 0.6 is 31.9 Å². The minimum Gasteiger partial charge on any atom is -0.490 e. The molecule has 1 saturated heterocycles. The molecule has 1 aliphatic rings. The summed E-state index contributed by atoms with van der Waals surface area (Å²) in [6.07, 6.45) is 4.01. The molecule has 106 valence electrons. The molecule has 0 saturated carbocycles. The van der Waals surface area contributed by atoms with Crippen molar-refractivity contribution < 1.29 is 4.74 Å². The van der Waals surface area contributed by atoms with E-state index in [2.05, 4.69) is 36.8 Å². The van der Waals surface area contributed by atoms with Crippen molar-refractivity contribution >= 4 is 31.9 Å². The summed E-state index contributed by atoms with van der Waals surface area (Å²) in [4.78, 5) is 2.47. The molecule has 0 atom stereocenters. The summed E-state index contributed by atoms with van der Waals surface area (Å²) in [5.74, 6) is 0.870. The van der Waals surface area contributed by atoms with Crippen LogP contribution in [0.4, 0.5) is 0 Å². The molecule has 2 N–H and O–H groups in total. The number of rotatable bonds is 5. The third-order valence-corrected chi connectivity index (χ3v) is 4.57. The van der Waals surface area contributed by atoms with Crippen LogP contribution in [0.2, 0.25) is 0 Å². The van der Waals surface area contributed by atoms with Crippen molar-refractivity contribution in [2.24, 2.45) is 5.73 Å². The summed E-state index contributed by atoms with van der Waals surface area (Å²) in [6.45, 7) is 4.66. The van der Waals surface area contributed by atoms with Crippen molar-refractivity contribution in [3.63, 3.8) is 0 Å². The van der Waals surface area contributed by atoms with Gasteiger partial charge in [-0.1, -0.05) is 6.42 Å². The van der Waals surface area contributed by atoms with Crippen LogP contribution in [0.3, 0.4) is 0 Å². The summed E-state index contributed by atoms with van der Waals surface area (Å²) in [7, 11) is 0. The molecule has 19 heavy (non-hydrogen) atoms. The highest BCUT2D eigenvalue weighted by Crippen LogP contribution is 2.34. The highest BCUT2D eigenvalue weighted by molar-refractivity contribution is 9.11. The third kappa shape index (κ3) is 4.45. The van der Waals surface area contributed by atoms with Gasteiger partial charge in [-0.3, -0.25) is 4.90 Å². The smallest absolute Gasteiger partial charge is 0.147 e. The summed E-state index contributed by atoms with van der Waals surface area (Å²) in [5, 5.41) is 0.